The average molecular weight is 461 g/mol. The molecule has 10 nitrogen and oxygen atoms in total. The molecule has 1 heterocycles. The fourth-order valence-corrected chi connectivity index (χ4v) is 2.88. The van der Waals surface area contributed by atoms with Crippen molar-refractivity contribution in [2.24, 2.45) is 9.98 Å². The summed E-state index contributed by atoms with van der Waals surface area (Å²) in [5.74, 6) is 0. The summed E-state index contributed by atoms with van der Waals surface area (Å²) in [7, 11) is 1.77. The zero-order valence-electron chi connectivity index (χ0n) is 20.1. The number of rotatable bonds is 8. The predicted molar refractivity (Wildman–Crippen MR) is 126 cm³/mol. The maximum atomic E-state index is 5.84. The minimum absolute atomic E-state index is 0.377. The summed E-state index contributed by atoms with van der Waals surface area (Å²) in [6, 6.07) is 0. The van der Waals surface area contributed by atoms with Crippen molar-refractivity contribution in [1.82, 2.24) is 9.96 Å². The lowest BCUT2D eigenvalue weighted by Crippen LogP contribution is -2.32. The Hall–Kier alpha value is -0.980. The van der Waals surface area contributed by atoms with Gasteiger partial charge in [0.1, 0.15) is 13.5 Å². The van der Waals surface area contributed by atoms with E-state index in [4.69, 9.17) is 28.5 Å². The molecule has 0 bridgehead atoms. The first kappa shape index (κ1) is 29.1. The van der Waals surface area contributed by atoms with Crippen LogP contribution < -0.4 is 0 Å². The number of hydrogen-bond acceptors (Lipinski definition) is 10. The molecule has 0 radical (unpaired) electrons. The summed E-state index contributed by atoms with van der Waals surface area (Å²) in [6.07, 6.45) is 6.22. The van der Waals surface area contributed by atoms with Crippen LogP contribution in [0.25, 0.3) is 0 Å². The van der Waals surface area contributed by atoms with E-state index in [1.54, 1.807) is 13.3 Å². The Bertz CT molecular complexity index is 416. The van der Waals surface area contributed by atoms with Crippen molar-refractivity contribution in [1.29, 1.82) is 0 Å². The summed E-state index contributed by atoms with van der Waals surface area (Å²) in [5, 5.41) is 1.95. The van der Waals surface area contributed by atoms with Gasteiger partial charge in [0.25, 0.3) is 0 Å². The van der Waals surface area contributed by atoms with E-state index in [0.717, 1.165) is 38.9 Å². The largest absolute Gasteiger partial charge is 0.379 e. The number of nitrogens with zero attached hydrogens (tertiary/aromatic N) is 4. The molecule has 0 amide bonds. The van der Waals surface area contributed by atoms with E-state index < -0.39 is 0 Å². The molecule has 1 aliphatic heterocycles. The van der Waals surface area contributed by atoms with Gasteiger partial charge in [0, 0.05) is 59.1 Å². The first-order chi connectivity index (χ1) is 15.9. The van der Waals surface area contributed by atoms with Crippen molar-refractivity contribution >= 4 is 12.4 Å². The molecule has 0 atom stereocenters. The molecule has 0 aliphatic carbocycles. The van der Waals surface area contributed by atoms with Gasteiger partial charge < -0.3 is 28.7 Å². The van der Waals surface area contributed by atoms with Crippen LogP contribution in [0.1, 0.15) is 26.2 Å². The van der Waals surface area contributed by atoms with Crippen molar-refractivity contribution in [3.05, 3.63) is 0 Å². The second-order valence-electron chi connectivity index (χ2n) is 7.17. The Morgan fingerprint density at radius 3 is 2.16 bits per heavy atom. The lowest BCUT2D eigenvalue weighted by atomic mass is 10.4. The summed E-state index contributed by atoms with van der Waals surface area (Å²) in [5.41, 5.74) is 0. The van der Waals surface area contributed by atoms with Gasteiger partial charge in [-0.2, -0.15) is 5.06 Å². The highest BCUT2D eigenvalue weighted by molar-refractivity contribution is 5.56. The van der Waals surface area contributed by atoms with Crippen LogP contribution in [0.15, 0.2) is 9.98 Å². The van der Waals surface area contributed by atoms with Gasteiger partial charge in [-0.3, -0.25) is 14.7 Å². The van der Waals surface area contributed by atoms with Crippen LogP contribution >= 0.6 is 0 Å². The summed E-state index contributed by atoms with van der Waals surface area (Å²) in [4.78, 5) is 16.1. The third kappa shape index (κ3) is 18.6. The molecule has 1 saturated heterocycles. The minimum Gasteiger partial charge on any atom is -0.379 e. The first-order valence-corrected chi connectivity index (χ1v) is 11.7. The summed E-state index contributed by atoms with van der Waals surface area (Å²) >= 11 is 0. The predicted octanol–water partition coefficient (Wildman–Crippen LogP) is 1.50. The summed E-state index contributed by atoms with van der Waals surface area (Å²) in [6.45, 7) is 11.5. The second-order valence-corrected chi connectivity index (χ2v) is 7.17. The molecule has 32 heavy (non-hydrogen) atoms. The van der Waals surface area contributed by atoms with Crippen LogP contribution in [-0.4, -0.2) is 129 Å². The Morgan fingerprint density at radius 1 is 0.812 bits per heavy atom. The van der Waals surface area contributed by atoms with Gasteiger partial charge in [-0.25, -0.2) is 0 Å². The van der Waals surface area contributed by atoms with E-state index in [9.17, 15) is 0 Å². The van der Waals surface area contributed by atoms with Gasteiger partial charge >= 0.3 is 0 Å². The Labute approximate surface area is 193 Å². The minimum atomic E-state index is 0.377. The molecule has 188 valence electrons. The number of aliphatic imine (C=N–C) groups is 2. The first-order valence-electron chi connectivity index (χ1n) is 11.7. The molecule has 0 spiro atoms. The van der Waals surface area contributed by atoms with E-state index in [1.165, 1.54) is 0 Å². The highest BCUT2D eigenvalue weighted by Gasteiger charge is 2.07. The highest BCUT2D eigenvalue weighted by atomic mass is 16.7. The lowest BCUT2D eigenvalue weighted by molar-refractivity contribution is -0.167. The molecule has 0 aromatic carbocycles. The molecule has 0 aromatic heterocycles. The van der Waals surface area contributed by atoms with Gasteiger partial charge in [-0.15, -0.1) is 0 Å². The SMILES string of the molecule is CC=NCOCN1CCCOCCOCCCN(OCCC=NC)CCOCCOCC1. The van der Waals surface area contributed by atoms with Crippen LogP contribution in [0.3, 0.4) is 0 Å². The van der Waals surface area contributed by atoms with Crippen molar-refractivity contribution in [3.63, 3.8) is 0 Å². The van der Waals surface area contributed by atoms with Crippen LogP contribution in [0.5, 0.6) is 0 Å². The molecule has 1 aliphatic rings. The smallest absolute Gasteiger partial charge is 0.138 e. The van der Waals surface area contributed by atoms with E-state index in [2.05, 4.69) is 14.9 Å². The van der Waals surface area contributed by atoms with Crippen LogP contribution in [-0.2, 0) is 28.5 Å². The highest BCUT2D eigenvalue weighted by Crippen LogP contribution is 1.98. The zero-order chi connectivity index (χ0) is 23.0. The third-order valence-electron chi connectivity index (χ3n) is 4.57. The molecule has 0 aromatic rings. The summed E-state index contributed by atoms with van der Waals surface area (Å²) < 4.78 is 28.4. The van der Waals surface area contributed by atoms with E-state index in [1.807, 2.05) is 18.2 Å². The van der Waals surface area contributed by atoms with Gasteiger partial charge in [-0.05, 0) is 26.0 Å². The quantitative estimate of drug-likeness (QED) is 0.398. The number of hydroxylamine groups is 2. The molecule has 0 unspecified atom stereocenters. The van der Waals surface area contributed by atoms with Gasteiger partial charge in [0.2, 0.25) is 0 Å². The maximum Gasteiger partial charge on any atom is 0.138 e. The third-order valence-corrected chi connectivity index (χ3v) is 4.57. The average Bonchev–Trinajstić information content (AvgIpc) is 2.80. The Morgan fingerprint density at radius 2 is 1.47 bits per heavy atom. The number of ether oxygens (including phenoxy) is 5. The second kappa shape index (κ2) is 23.2. The topological polar surface area (TPSA) is 86.6 Å². The molecule has 0 N–H and O–H groups in total. The fourth-order valence-electron chi connectivity index (χ4n) is 2.88. The molecule has 1 fully saturated rings. The Kier molecular flexibility index (Phi) is 21.1. The molecule has 10 heteroatoms. The maximum absolute atomic E-state index is 5.84. The molecule has 1 rings (SSSR count). The Balaban J connectivity index is 2.36. The fraction of sp³-hybridized carbons (Fsp3) is 0.909. The normalized spacial score (nSPS) is 21.3. The van der Waals surface area contributed by atoms with E-state index in [-0.39, 0.29) is 0 Å². The van der Waals surface area contributed by atoms with Crippen LogP contribution in [0.4, 0.5) is 0 Å². The van der Waals surface area contributed by atoms with Crippen molar-refractivity contribution in [2.75, 3.05) is 106 Å². The van der Waals surface area contributed by atoms with Gasteiger partial charge in [0.05, 0.1) is 46.2 Å². The van der Waals surface area contributed by atoms with E-state index in [0.29, 0.717) is 79.5 Å². The van der Waals surface area contributed by atoms with Crippen molar-refractivity contribution < 1.29 is 28.5 Å². The van der Waals surface area contributed by atoms with Gasteiger partial charge in [0.15, 0.2) is 0 Å². The van der Waals surface area contributed by atoms with Crippen LogP contribution in [0, 0.1) is 0 Å². The standard InChI is InChI=1S/C22H44N4O6/c1-3-24-21-31-22-25-8-5-12-27-17-18-28-13-6-9-26(32-14-4-7-23-2)11-16-30-20-19-29-15-10-25/h3,7H,4-6,8-22H2,1-2H3. The molecule has 0 saturated carbocycles. The van der Waals surface area contributed by atoms with Crippen LogP contribution in [0.2, 0.25) is 0 Å². The monoisotopic (exact) mass is 460 g/mol. The van der Waals surface area contributed by atoms with Gasteiger partial charge in [-0.1, -0.05) is 0 Å². The van der Waals surface area contributed by atoms with E-state index >= 15 is 0 Å². The lowest BCUT2D eigenvalue weighted by Gasteiger charge is -2.22. The molecular formula is C22H44N4O6. The zero-order valence-corrected chi connectivity index (χ0v) is 20.1. The number of hydrogen-bond donors (Lipinski definition) is 0. The van der Waals surface area contributed by atoms with Crippen molar-refractivity contribution in [3.8, 4) is 0 Å². The van der Waals surface area contributed by atoms with Crippen molar-refractivity contribution in [2.45, 2.75) is 26.2 Å². The molecular weight excluding hydrogens is 416 g/mol.